The standard InChI is InChI=1S/C15H27AsN2O2/c1-5-16(6-2)14-8-7-9-17-15(14)18(10-12-19-3)11-13-20-4/h7-9H,5-6,10-13H2,1-4H3. The number of ether oxygens (including phenoxy) is 2. The maximum atomic E-state index is 5.23. The molecule has 1 heterocycles. The molecule has 0 aromatic carbocycles. The molecule has 0 aliphatic carbocycles. The van der Waals surface area contributed by atoms with Crippen LogP contribution in [0.1, 0.15) is 13.8 Å². The zero-order valence-corrected chi connectivity index (χ0v) is 15.0. The normalized spacial score (nSPS) is 11.1. The zero-order chi connectivity index (χ0) is 14.8. The third kappa shape index (κ3) is 5.08. The summed E-state index contributed by atoms with van der Waals surface area (Å²) in [6.07, 6.45) is 1.89. The summed E-state index contributed by atoms with van der Waals surface area (Å²) in [6.45, 7) is 7.75. The molecule has 20 heavy (non-hydrogen) atoms. The number of pyridine rings is 1. The Bertz CT molecular complexity index is 365. The van der Waals surface area contributed by atoms with Crippen molar-refractivity contribution >= 4 is 24.8 Å². The van der Waals surface area contributed by atoms with Crippen LogP contribution in [0.25, 0.3) is 0 Å². The van der Waals surface area contributed by atoms with Crippen LogP contribution in [-0.4, -0.2) is 60.2 Å². The maximum absolute atomic E-state index is 5.23. The molecule has 1 rings (SSSR count). The summed E-state index contributed by atoms with van der Waals surface area (Å²) in [6, 6.07) is 4.33. The summed E-state index contributed by atoms with van der Waals surface area (Å²) in [5, 5.41) is 2.56. The van der Waals surface area contributed by atoms with Gasteiger partial charge in [-0.05, 0) is 0 Å². The predicted octanol–water partition coefficient (Wildman–Crippen LogP) is 1.92. The number of nitrogens with zero attached hydrogens (tertiary/aromatic N) is 2. The fraction of sp³-hybridized carbons (Fsp3) is 0.667. The molecule has 0 bridgehead atoms. The molecule has 0 spiro atoms. The van der Waals surface area contributed by atoms with Gasteiger partial charge < -0.3 is 0 Å². The van der Waals surface area contributed by atoms with E-state index in [9.17, 15) is 0 Å². The van der Waals surface area contributed by atoms with E-state index >= 15 is 0 Å². The van der Waals surface area contributed by atoms with Crippen LogP contribution in [0.15, 0.2) is 18.3 Å². The number of aromatic nitrogens is 1. The second kappa shape index (κ2) is 10.2. The number of hydrogen-bond donors (Lipinski definition) is 0. The Balaban J connectivity index is 2.98. The summed E-state index contributed by atoms with van der Waals surface area (Å²) in [4.78, 5) is 6.95. The van der Waals surface area contributed by atoms with Gasteiger partial charge in [-0.25, -0.2) is 0 Å². The van der Waals surface area contributed by atoms with Gasteiger partial charge in [0.2, 0.25) is 0 Å². The van der Waals surface area contributed by atoms with Crippen LogP contribution in [0.3, 0.4) is 0 Å². The first-order chi connectivity index (χ1) is 9.78. The Morgan fingerprint density at radius 1 is 1.10 bits per heavy atom. The molecule has 0 radical (unpaired) electrons. The molecular formula is C15H27AsN2O2. The molecule has 1 aromatic rings. The van der Waals surface area contributed by atoms with Crippen molar-refractivity contribution in [1.82, 2.24) is 4.98 Å². The third-order valence-corrected chi connectivity index (χ3v) is 8.67. The molecule has 1 aromatic heterocycles. The Morgan fingerprint density at radius 3 is 2.20 bits per heavy atom. The first-order valence-corrected chi connectivity index (χ1v) is 10.8. The first kappa shape index (κ1) is 17.5. The van der Waals surface area contributed by atoms with Crippen LogP contribution >= 0.6 is 0 Å². The van der Waals surface area contributed by atoms with Crippen molar-refractivity contribution in [2.45, 2.75) is 24.3 Å². The van der Waals surface area contributed by atoms with Crippen molar-refractivity contribution in [2.24, 2.45) is 0 Å². The Kier molecular flexibility index (Phi) is 8.91. The van der Waals surface area contributed by atoms with E-state index in [4.69, 9.17) is 9.47 Å². The van der Waals surface area contributed by atoms with E-state index in [1.54, 1.807) is 14.2 Å². The summed E-state index contributed by atoms with van der Waals surface area (Å²) in [5.41, 5.74) is 0. The van der Waals surface area contributed by atoms with Crippen LogP contribution in [0.2, 0.25) is 10.4 Å². The Hall–Kier alpha value is -0.572. The summed E-state index contributed by atoms with van der Waals surface area (Å²) in [7, 11) is 3.48. The van der Waals surface area contributed by atoms with Crippen molar-refractivity contribution in [2.75, 3.05) is 45.4 Å². The van der Waals surface area contributed by atoms with Crippen LogP contribution < -0.4 is 9.25 Å². The molecule has 0 fully saturated rings. The van der Waals surface area contributed by atoms with Gasteiger partial charge in [-0.1, -0.05) is 0 Å². The van der Waals surface area contributed by atoms with E-state index in [0.29, 0.717) is 13.2 Å². The first-order valence-electron chi connectivity index (χ1n) is 7.21. The molecule has 0 aliphatic heterocycles. The number of hydrogen-bond acceptors (Lipinski definition) is 4. The second-order valence-corrected chi connectivity index (χ2v) is 10.4. The van der Waals surface area contributed by atoms with Crippen molar-refractivity contribution in [1.29, 1.82) is 0 Å². The second-order valence-electron chi connectivity index (χ2n) is 4.49. The van der Waals surface area contributed by atoms with Gasteiger partial charge in [0.25, 0.3) is 0 Å². The quantitative estimate of drug-likeness (QED) is 0.609. The van der Waals surface area contributed by atoms with Crippen LogP contribution in [0.4, 0.5) is 5.82 Å². The Labute approximate surface area is 127 Å². The fourth-order valence-electron chi connectivity index (χ4n) is 2.17. The molecule has 5 heteroatoms. The Morgan fingerprint density at radius 2 is 1.70 bits per heavy atom. The van der Waals surface area contributed by atoms with Crippen molar-refractivity contribution < 1.29 is 9.47 Å². The molecule has 0 N–H and O–H groups in total. The van der Waals surface area contributed by atoms with Gasteiger partial charge in [-0.2, -0.15) is 0 Å². The average molecular weight is 342 g/mol. The van der Waals surface area contributed by atoms with E-state index in [2.05, 4.69) is 35.9 Å². The zero-order valence-electron chi connectivity index (χ0n) is 13.1. The molecule has 0 saturated heterocycles. The van der Waals surface area contributed by atoms with Crippen LogP contribution in [0, 0.1) is 0 Å². The average Bonchev–Trinajstić information content (AvgIpc) is 2.49. The molecule has 4 nitrogen and oxygen atoms in total. The van der Waals surface area contributed by atoms with Gasteiger partial charge in [0.1, 0.15) is 0 Å². The molecule has 0 atom stereocenters. The van der Waals surface area contributed by atoms with Crippen molar-refractivity contribution in [3.63, 3.8) is 0 Å². The van der Waals surface area contributed by atoms with E-state index in [1.165, 1.54) is 14.8 Å². The fourth-order valence-corrected chi connectivity index (χ4v) is 6.17. The predicted molar refractivity (Wildman–Crippen MR) is 86.6 cm³/mol. The summed E-state index contributed by atoms with van der Waals surface area (Å²) in [5.74, 6) is 1.14. The van der Waals surface area contributed by atoms with Gasteiger partial charge >= 0.3 is 127 Å². The van der Waals surface area contributed by atoms with Gasteiger partial charge in [-0.3, -0.25) is 0 Å². The summed E-state index contributed by atoms with van der Waals surface area (Å²) >= 11 is -0.973. The minimum atomic E-state index is -0.973. The molecule has 0 unspecified atom stereocenters. The number of methoxy groups -OCH3 is 2. The van der Waals surface area contributed by atoms with Crippen LogP contribution in [-0.2, 0) is 9.47 Å². The third-order valence-electron chi connectivity index (χ3n) is 3.30. The van der Waals surface area contributed by atoms with Crippen molar-refractivity contribution in [3.05, 3.63) is 18.3 Å². The molecule has 0 amide bonds. The van der Waals surface area contributed by atoms with Gasteiger partial charge in [0, 0.05) is 0 Å². The minimum absolute atomic E-state index is 0.713. The molecular weight excluding hydrogens is 315 g/mol. The monoisotopic (exact) mass is 342 g/mol. The van der Waals surface area contributed by atoms with Gasteiger partial charge in [-0.15, -0.1) is 0 Å². The number of anilines is 1. The van der Waals surface area contributed by atoms with E-state index in [1.807, 2.05) is 6.20 Å². The molecule has 0 aliphatic rings. The van der Waals surface area contributed by atoms with Crippen LogP contribution in [0.5, 0.6) is 0 Å². The van der Waals surface area contributed by atoms with E-state index in [0.717, 1.165) is 18.9 Å². The molecule has 0 saturated carbocycles. The SMILES string of the molecule is CC[As](CC)c1cccnc1N(CCOC)CCOC. The topological polar surface area (TPSA) is 34.6 Å². The van der Waals surface area contributed by atoms with Crippen molar-refractivity contribution in [3.8, 4) is 0 Å². The van der Waals surface area contributed by atoms with E-state index < -0.39 is 14.7 Å². The molecule has 114 valence electrons. The van der Waals surface area contributed by atoms with E-state index in [-0.39, 0.29) is 0 Å². The van der Waals surface area contributed by atoms with Gasteiger partial charge in [0.05, 0.1) is 0 Å². The summed E-state index contributed by atoms with van der Waals surface area (Å²) < 4.78 is 11.9. The van der Waals surface area contributed by atoms with Gasteiger partial charge in [0.15, 0.2) is 0 Å². The number of rotatable bonds is 10.